The molecule has 3 rings (SSSR count). The molecule has 152 valence electrons. The fourth-order valence-electron chi connectivity index (χ4n) is 5.22. The molecule has 0 aromatic heterocycles. The largest absolute Gasteiger partial charge is 0.183 e. The third kappa shape index (κ3) is 3.77. The van der Waals surface area contributed by atoms with Crippen LogP contribution in [0.1, 0.15) is 69.7 Å². The highest BCUT2D eigenvalue weighted by Crippen LogP contribution is 2.38. The molecule has 1 heteroatoms. The van der Waals surface area contributed by atoms with Gasteiger partial charge in [0, 0.05) is 0 Å². The summed E-state index contributed by atoms with van der Waals surface area (Å²) in [6, 6.07) is 20.5. The van der Waals surface area contributed by atoms with Crippen LogP contribution < -0.4 is 5.46 Å². The molecule has 0 fully saturated rings. The fraction of sp³-hybridized carbons (Fsp3) is 0.429. The average Bonchev–Trinajstić information content (AvgIpc) is 2.71. The van der Waals surface area contributed by atoms with E-state index < -0.39 is 0 Å². The first-order valence-corrected chi connectivity index (χ1v) is 11.3. The molecule has 0 amide bonds. The van der Waals surface area contributed by atoms with Gasteiger partial charge >= 0.3 is 0 Å². The van der Waals surface area contributed by atoms with Crippen LogP contribution in [0, 0.1) is 13.8 Å². The molecule has 0 aliphatic carbocycles. The van der Waals surface area contributed by atoms with Gasteiger partial charge in [-0.15, -0.1) is 0 Å². The average molecular weight is 384 g/mol. The lowest BCUT2D eigenvalue weighted by Crippen LogP contribution is -2.46. The highest BCUT2D eigenvalue weighted by molar-refractivity contribution is 6.77. The van der Waals surface area contributed by atoms with Gasteiger partial charge < -0.3 is 0 Å². The Balaban J connectivity index is 2.11. The van der Waals surface area contributed by atoms with Crippen molar-refractivity contribution >= 4 is 22.9 Å². The van der Waals surface area contributed by atoms with Crippen molar-refractivity contribution in [3.05, 3.63) is 76.9 Å². The first-order chi connectivity index (χ1) is 13.7. The second kappa shape index (κ2) is 8.02. The minimum atomic E-state index is 0.0473. The number of rotatable bonds is 6. The zero-order valence-corrected chi connectivity index (χ0v) is 19.7. The molecule has 0 aliphatic rings. The van der Waals surface area contributed by atoms with Gasteiger partial charge in [0.2, 0.25) is 0 Å². The van der Waals surface area contributed by atoms with Crippen LogP contribution in [0.5, 0.6) is 0 Å². The molecular weight excluding hydrogens is 347 g/mol. The summed E-state index contributed by atoms with van der Waals surface area (Å²) < 4.78 is 0. The maximum Gasteiger partial charge on any atom is 0.183 e. The van der Waals surface area contributed by atoms with Crippen LogP contribution in [0.2, 0.25) is 6.82 Å². The molecule has 0 saturated carbocycles. The van der Waals surface area contributed by atoms with Crippen molar-refractivity contribution in [3.63, 3.8) is 0 Å². The zero-order chi connectivity index (χ0) is 21.4. The van der Waals surface area contributed by atoms with Crippen LogP contribution in [0.25, 0.3) is 10.8 Å². The zero-order valence-electron chi connectivity index (χ0n) is 19.7. The number of fused-ring (bicyclic) bond motifs is 1. The maximum atomic E-state index is 2.47. The van der Waals surface area contributed by atoms with Gasteiger partial charge in [-0.05, 0) is 70.4 Å². The van der Waals surface area contributed by atoms with Crippen LogP contribution in [-0.4, -0.2) is 6.71 Å². The Labute approximate surface area is 178 Å². The van der Waals surface area contributed by atoms with Crippen molar-refractivity contribution < 1.29 is 0 Å². The van der Waals surface area contributed by atoms with Gasteiger partial charge in [0.1, 0.15) is 0 Å². The summed E-state index contributed by atoms with van der Waals surface area (Å²) in [5.41, 5.74) is 7.59. The monoisotopic (exact) mass is 384 g/mol. The van der Waals surface area contributed by atoms with Gasteiger partial charge in [0.25, 0.3) is 0 Å². The Morgan fingerprint density at radius 1 is 0.793 bits per heavy atom. The normalized spacial score (nSPS) is 12.4. The molecule has 0 N–H and O–H groups in total. The Morgan fingerprint density at radius 2 is 1.34 bits per heavy atom. The van der Waals surface area contributed by atoms with E-state index in [0.717, 1.165) is 0 Å². The van der Waals surface area contributed by atoms with E-state index in [1.165, 1.54) is 51.3 Å². The van der Waals surface area contributed by atoms with Crippen molar-refractivity contribution in [2.24, 2.45) is 0 Å². The summed E-state index contributed by atoms with van der Waals surface area (Å²) in [7, 11) is 0. The highest BCUT2D eigenvalue weighted by atomic mass is 14.3. The lowest BCUT2D eigenvalue weighted by Gasteiger charge is -2.36. The van der Waals surface area contributed by atoms with E-state index in [1.807, 2.05) is 0 Å². The molecule has 3 aromatic carbocycles. The summed E-state index contributed by atoms with van der Waals surface area (Å²) in [6.45, 7) is 19.3. The second-order valence-electron chi connectivity index (χ2n) is 9.76. The smallest absolute Gasteiger partial charge is 0.0810 e. The molecule has 0 unspecified atom stereocenters. The van der Waals surface area contributed by atoms with Crippen molar-refractivity contribution in [1.82, 2.24) is 0 Å². The number of benzene rings is 3. The third-order valence-electron chi connectivity index (χ3n) is 7.81. The van der Waals surface area contributed by atoms with Crippen LogP contribution >= 0.6 is 0 Å². The van der Waals surface area contributed by atoms with Gasteiger partial charge in [-0.2, -0.15) is 0 Å². The molecule has 3 aromatic rings. The predicted molar refractivity (Wildman–Crippen MR) is 132 cm³/mol. The number of aryl methyl sites for hydroxylation is 2. The van der Waals surface area contributed by atoms with Gasteiger partial charge in [0.05, 0.1) is 0 Å². The Hall–Kier alpha value is -2.02. The van der Waals surface area contributed by atoms with Crippen LogP contribution in [-0.2, 0) is 10.7 Å². The molecule has 0 spiro atoms. The van der Waals surface area contributed by atoms with E-state index in [1.54, 1.807) is 0 Å². The van der Waals surface area contributed by atoms with Crippen LogP contribution in [0.4, 0.5) is 0 Å². The molecule has 0 atom stereocenters. The van der Waals surface area contributed by atoms with E-state index in [0.29, 0.717) is 6.71 Å². The van der Waals surface area contributed by atoms with E-state index in [-0.39, 0.29) is 10.7 Å². The lowest BCUT2D eigenvalue weighted by molar-refractivity contribution is 0.438. The SMILES string of the molecule is CCC(C)(CC)c1cc(C)c(C(C)(C)B(C)c2cccc3ccccc23)c(C)c1. The van der Waals surface area contributed by atoms with Crippen LogP contribution in [0.15, 0.2) is 54.6 Å². The summed E-state index contributed by atoms with van der Waals surface area (Å²) in [6.07, 6.45) is 2.36. The van der Waals surface area contributed by atoms with Gasteiger partial charge in [-0.25, -0.2) is 0 Å². The molecule has 0 bridgehead atoms. The minimum absolute atomic E-state index is 0.0473. The van der Waals surface area contributed by atoms with E-state index in [2.05, 4.69) is 110 Å². The summed E-state index contributed by atoms with van der Waals surface area (Å²) in [5, 5.41) is 2.76. The first kappa shape index (κ1) is 21.7. The Morgan fingerprint density at radius 3 is 1.93 bits per heavy atom. The number of hydrogen-bond donors (Lipinski definition) is 0. The summed E-state index contributed by atoms with van der Waals surface area (Å²) in [5.74, 6) is 0. The van der Waals surface area contributed by atoms with Crippen LogP contribution in [0.3, 0.4) is 0 Å². The van der Waals surface area contributed by atoms with E-state index >= 15 is 0 Å². The van der Waals surface area contributed by atoms with Crippen molar-refractivity contribution in [3.8, 4) is 0 Å². The molecule has 0 heterocycles. The minimum Gasteiger partial charge on any atom is -0.0810 e. The van der Waals surface area contributed by atoms with Gasteiger partial charge in [0.15, 0.2) is 6.71 Å². The van der Waals surface area contributed by atoms with Gasteiger partial charge in [-0.1, -0.05) is 102 Å². The lowest BCUT2D eigenvalue weighted by atomic mass is 9.30. The molecule has 0 aliphatic heterocycles. The number of hydrogen-bond acceptors (Lipinski definition) is 0. The van der Waals surface area contributed by atoms with Crippen molar-refractivity contribution in [1.29, 1.82) is 0 Å². The van der Waals surface area contributed by atoms with Gasteiger partial charge in [-0.3, -0.25) is 0 Å². The molecular formula is C28H37B. The Bertz CT molecular complexity index is 979. The second-order valence-corrected chi connectivity index (χ2v) is 9.76. The fourth-order valence-corrected chi connectivity index (χ4v) is 5.22. The summed E-state index contributed by atoms with van der Waals surface area (Å²) in [4.78, 5) is 0. The van der Waals surface area contributed by atoms with E-state index in [9.17, 15) is 0 Å². The predicted octanol–water partition coefficient (Wildman–Crippen LogP) is 7.38. The summed E-state index contributed by atoms with van der Waals surface area (Å²) >= 11 is 0. The maximum absolute atomic E-state index is 2.47. The van der Waals surface area contributed by atoms with E-state index in [4.69, 9.17) is 0 Å². The first-order valence-electron chi connectivity index (χ1n) is 11.3. The quantitative estimate of drug-likeness (QED) is 0.389. The molecule has 0 saturated heterocycles. The standard InChI is InChI=1S/C28H37B/c1-9-28(7,10-2)23-18-20(3)26(21(4)19-23)27(5,6)29(8)25-17-13-15-22-14-11-12-16-24(22)25/h11-19H,9-10H2,1-8H3. The third-order valence-corrected chi connectivity index (χ3v) is 7.81. The van der Waals surface area contributed by atoms with Crippen molar-refractivity contribution in [2.75, 3.05) is 0 Å². The van der Waals surface area contributed by atoms with Crippen molar-refractivity contribution in [2.45, 2.75) is 78.9 Å². The Kier molecular flexibility index (Phi) is 5.99. The highest BCUT2D eigenvalue weighted by Gasteiger charge is 2.36. The molecule has 0 radical (unpaired) electrons. The molecule has 0 nitrogen and oxygen atoms in total. The topological polar surface area (TPSA) is 0 Å². The molecule has 29 heavy (non-hydrogen) atoms.